The Hall–Kier alpha value is -2.84. The van der Waals surface area contributed by atoms with Gasteiger partial charge in [0.2, 0.25) is 5.95 Å². The molecule has 0 amide bonds. The number of nitrogens with one attached hydrogen (secondary N) is 2. The second-order valence-corrected chi connectivity index (χ2v) is 4.58. The molecule has 114 valence electrons. The van der Waals surface area contributed by atoms with E-state index in [4.69, 9.17) is 5.73 Å². The third kappa shape index (κ3) is 2.78. The maximum Gasteiger partial charge on any atom is 0.416 e. The van der Waals surface area contributed by atoms with Crippen LogP contribution in [-0.4, -0.2) is 19.9 Å². The average molecular weight is 308 g/mol. The quantitative estimate of drug-likeness (QED) is 0.691. The summed E-state index contributed by atoms with van der Waals surface area (Å²) >= 11 is 0. The Morgan fingerprint density at radius 1 is 1.14 bits per heavy atom. The van der Waals surface area contributed by atoms with Gasteiger partial charge in [0.05, 0.1) is 11.9 Å². The van der Waals surface area contributed by atoms with E-state index in [-0.39, 0.29) is 5.95 Å². The van der Waals surface area contributed by atoms with Gasteiger partial charge < -0.3 is 16.0 Å². The Bertz CT molecular complexity index is 794. The molecule has 0 radical (unpaired) electrons. The van der Waals surface area contributed by atoms with Crippen LogP contribution in [-0.2, 0) is 12.7 Å². The summed E-state index contributed by atoms with van der Waals surface area (Å²) in [5.41, 5.74) is 6.58. The lowest BCUT2D eigenvalue weighted by Crippen LogP contribution is -2.07. The molecule has 0 fully saturated rings. The number of imidazole rings is 1. The van der Waals surface area contributed by atoms with Crippen LogP contribution in [0.15, 0.2) is 30.6 Å². The summed E-state index contributed by atoms with van der Waals surface area (Å²) in [7, 11) is 0. The molecular weight excluding hydrogens is 297 g/mol. The van der Waals surface area contributed by atoms with Gasteiger partial charge in [0.15, 0.2) is 11.5 Å². The summed E-state index contributed by atoms with van der Waals surface area (Å²) in [6, 6.07) is 4.89. The molecule has 0 atom stereocenters. The van der Waals surface area contributed by atoms with Gasteiger partial charge in [0, 0.05) is 6.54 Å². The highest BCUT2D eigenvalue weighted by molar-refractivity contribution is 5.83. The first-order valence-electron chi connectivity index (χ1n) is 6.30. The lowest BCUT2D eigenvalue weighted by atomic mass is 10.1. The van der Waals surface area contributed by atoms with Crippen molar-refractivity contribution in [1.29, 1.82) is 0 Å². The van der Waals surface area contributed by atoms with Gasteiger partial charge >= 0.3 is 6.18 Å². The number of benzene rings is 1. The molecule has 0 saturated heterocycles. The van der Waals surface area contributed by atoms with Crippen molar-refractivity contribution in [2.75, 3.05) is 11.1 Å². The van der Waals surface area contributed by atoms with Crippen molar-refractivity contribution in [1.82, 2.24) is 19.9 Å². The zero-order valence-corrected chi connectivity index (χ0v) is 11.1. The van der Waals surface area contributed by atoms with Crippen LogP contribution in [0.25, 0.3) is 11.2 Å². The number of hydrogen-bond donors (Lipinski definition) is 3. The van der Waals surface area contributed by atoms with E-state index in [0.29, 0.717) is 29.1 Å². The second kappa shape index (κ2) is 5.17. The van der Waals surface area contributed by atoms with Crippen LogP contribution in [0.2, 0.25) is 0 Å². The van der Waals surface area contributed by atoms with E-state index in [9.17, 15) is 13.2 Å². The zero-order chi connectivity index (χ0) is 15.7. The number of rotatable bonds is 3. The van der Waals surface area contributed by atoms with Crippen LogP contribution < -0.4 is 11.1 Å². The van der Waals surface area contributed by atoms with E-state index >= 15 is 0 Å². The van der Waals surface area contributed by atoms with Crippen LogP contribution in [0, 0.1) is 0 Å². The summed E-state index contributed by atoms with van der Waals surface area (Å²) in [6.07, 6.45) is -2.88. The normalized spacial score (nSPS) is 11.8. The lowest BCUT2D eigenvalue weighted by Gasteiger charge is -2.09. The maximum atomic E-state index is 12.5. The number of aromatic nitrogens is 4. The van der Waals surface area contributed by atoms with Gasteiger partial charge in [0.1, 0.15) is 5.52 Å². The number of nitrogens with two attached hydrogens (primary N) is 1. The van der Waals surface area contributed by atoms with Crippen LogP contribution in [0.4, 0.5) is 24.9 Å². The van der Waals surface area contributed by atoms with Gasteiger partial charge in [-0.3, -0.25) is 0 Å². The molecule has 4 N–H and O–H groups in total. The summed E-state index contributed by atoms with van der Waals surface area (Å²) in [5.74, 6) is 0.509. The fraction of sp³-hybridized carbons (Fsp3) is 0.154. The van der Waals surface area contributed by atoms with Crippen molar-refractivity contribution in [2.45, 2.75) is 12.7 Å². The molecule has 0 spiro atoms. The highest BCUT2D eigenvalue weighted by atomic mass is 19.4. The molecule has 2 aromatic heterocycles. The molecule has 6 nitrogen and oxygen atoms in total. The van der Waals surface area contributed by atoms with E-state index in [0.717, 1.165) is 12.1 Å². The molecule has 2 heterocycles. The fourth-order valence-electron chi connectivity index (χ4n) is 1.98. The first-order valence-corrected chi connectivity index (χ1v) is 6.30. The first kappa shape index (κ1) is 14.1. The molecule has 22 heavy (non-hydrogen) atoms. The van der Waals surface area contributed by atoms with E-state index in [1.165, 1.54) is 18.5 Å². The average Bonchev–Trinajstić information content (AvgIpc) is 2.92. The minimum Gasteiger partial charge on any atom is -0.368 e. The van der Waals surface area contributed by atoms with Crippen LogP contribution in [0.5, 0.6) is 0 Å². The van der Waals surface area contributed by atoms with Crippen LogP contribution >= 0.6 is 0 Å². The van der Waals surface area contributed by atoms with Crippen molar-refractivity contribution < 1.29 is 13.2 Å². The molecule has 3 rings (SSSR count). The minimum absolute atomic E-state index is 0.0644. The summed E-state index contributed by atoms with van der Waals surface area (Å²) in [5, 5.41) is 3.01. The first-order chi connectivity index (χ1) is 10.4. The molecule has 0 unspecified atom stereocenters. The van der Waals surface area contributed by atoms with Crippen molar-refractivity contribution in [3.05, 3.63) is 41.7 Å². The molecule has 0 aliphatic heterocycles. The third-order valence-electron chi connectivity index (χ3n) is 3.04. The number of nitrogens with zero attached hydrogens (tertiary/aromatic N) is 3. The number of anilines is 2. The van der Waals surface area contributed by atoms with Gasteiger partial charge in [0.25, 0.3) is 0 Å². The zero-order valence-electron chi connectivity index (χ0n) is 11.1. The summed E-state index contributed by atoms with van der Waals surface area (Å²) in [4.78, 5) is 14.9. The Kier molecular flexibility index (Phi) is 3.32. The van der Waals surface area contributed by atoms with Crippen molar-refractivity contribution in [3.8, 4) is 0 Å². The highest BCUT2D eigenvalue weighted by Gasteiger charge is 2.29. The van der Waals surface area contributed by atoms with Crippen LogP contribution in [0.1, 0.15) is 11.1 Å². The van der Waals surface area contributed by atoms with Gasteiger partial charge in [-0.25, -0.2) is 4.98 Å². The molecular formula is C13H11F3N6. The molecule has 0 aliphatic carbocycles. The molecule has 9 heteroatoms. The van der Waals surface area contributed by atoms with Crippen molar-refractivity contribution in [3.63, 3.8) is 0 Å². The lowest BCUT2D eigenvalue weighted by molar-refractivity contribution is -0.137. The van der Waals surface area contributed by atoms with E-state index in [1.54, 1.807) is 0 Å². The minimum atomic E-state index is -4.34. The monoisotopic (exact) mass is 308 g/mol. The van der Waals surface area contributed by atoms with E-state index < -0.39 is 11.7 Å². The van der Waals surface area contributed by atoms with Gasteiger partial charge in [-0.15, -0.1) is 0 Å². The standard InChI is InChI=1S/C13H11F3N6/c14-13(15,16)8-3-1-7(2-4-8)5-18-10-9-11(20-6-19-9)22-12(17)21-10/h1-4,6H,5H2,(H4,17,18,19,20,21,22). The van der Waals surface area contributed by atoms with Crippen molar-refractivity contribution >= 4 is 22.9 Å². The van der Waals surface area contributed by atoms with Crippen LogP contribution in [0.3, 0.4) is 0 Å². The molecule has 0 saturated carbocycles. The van der Waals surface area contributed by atoms with Crippen molar-refractivity contribution in [2.24, 2.45) is 0 Å². The Morgan fingerprint density at radius 3 is 2.55 bits per heavy atom. The number of nitrogen functional groups attached to an aromatic ring is 1. The molecule has 3 aromatic rings. The second-order valence-electron chi connectivity index (χ2n) is 4.58. The number of halogens is 3. The topological polar surface area (TPSA) is 92.5 Å². The summed E-state index contributed by atoms with van der Waals surface area (Å²) in [6.45, 7) is 0.294. The van der Waals surface area contributed by atoms with Gasteiger partial charge in [-0.1, -0.05) is 12.1 Å². The largest absolute Gasteiger partial charge is 0.416 e. The Balaban J connectivity index is 1.78. The number of hydrogen-bond acceptors (Lipinski definition) is 5. The Labute approximate surface area is 122 Å². The third-order valence-corrected chi connectivity index (χ3v) is 3.04. The fourth-order valence-corrected chi connectivity index (χ4v) is 1.98. The smallest absolute Gasteiger partial charge is 0.368 e. The predicted molar refractivity (Wildman–Crippen MR) is 74.9 cm³/mol. The number of alkyl halides is 3. The van der Waals surface area contributed by atoms with Gasteiger partial charge in [-0.05, 0) is 17.7 Å². The molecule has 0 aliphatic rings. The molecule has 1 aromatic carbocycles. The SMILES string of the molecule is Nc1nc(NCc2ccc(C(F)(F)F)cc2)c2[nH]cnc2n1. The highest BCUT2D eigenvalue weighted by Crippen LogP contribution is 2.29. The van der Waals surface area contributed by atoms with E-state index in [1.807, 2.05) is 0 Å². The van der Waals surface area contributed by atoms with E-state index in [2.05, 4.69) is 25.3 Å². The number of H-pyrrole nitrogens is 1. The van der Waals surface area contributed by atoms with Gasteiger partial charge in [-0.2, -0.15) is 23.1 Å². The number of aromatic amines is 1. The Morgan fingerprint density at radius 2 is 1.86 bits per heavy atom. The maximum absolute atomic E-state index is 12.5. The number of fused-ring (bicyclic) bond motifs is 1. The molecule has 0 bridgehead atoms. The summed E-state index contributed by atoms with van der Waals surface area (Å²) < 4.78 is 37.5. The predicted octanol–water partition coefficient (Wildman–Crippen LogP) is 2.57.